The van der Waals surface area contributed by atoms with Gasteiger partial charge in [0.1, 0.15) is 11.9 Å². The van der Waals surface area contributed by atoms with Crippen LogP contribution in [-0.4, -0.2) is 42.3 Å². The highest BCUT2D eigenvalue weighted by molar-refractivity contribution is 5.80. The van der Waals surface area contributed by atoms with Crippen molar-refractivity contribution >= 4 is 11.8 Å². The first-order chi connectivity index (χ1) is 8.51. The van der Waals surface area contributed by atoms with E-state index >= 15 is 0 Å². The molecule has 3 unspecified atom stereocenters. The van der Waals surface area contributed by atoms with Gasteiger partial charge in [0.25, 0.3) is 0 Å². The van der Waals surface area contributed by atoms with Gasteiger partial charge in [-0.1, -0.05) is 12.2 Å². The summed E-state index contributed by atoms with van der Waals surface area (Å²) in [5, 5.41) is 9.51. The zero-order valence-electron chi connectivity index (χ0n) is 10.8. The lowest BCUT2D eigenvalue weighted by Crippen LogP contribution is -2.26. The van der Waals surface area contributed by atoms with Crippen LogP contribution in [-0.2, 0) is 19.1 Å². The highest BCUT2D eigenvalue weighted by atomic mass is 16.5. The normalized spacial score (nSPS) is 31.4. The number of hydrogen-bond acceptors (Lipinski definition) is 5. The van der Waals surface area contributed by atoms with Gasteiger partial charge >= 0.3 is 5.97 Å². The molecule has 18 heavy (non-hydrogen) atoms. The van der Waals surface area contributed by atoms with E-state index in [4.69, 9.17) is 9.47 Å². The van der Waals surface area contributed by atoms with Crippen molar-refractivity contribution in [1.82, 2.24) is 0 Å². The minimum Gasteiger partial charge on any atom is -0.462 e. The molecule has 1 N–H and O–H groups in total. The molecular formula is C13H20O5. The second-order valence-electron chi connectivity index (χ2n) is 4.54. The van der Waals surface area contributed by atoms with Gasteiger partial charge in [0.05, 0.1) is 18.6 Å². The molecule has 0 fully saturated rings. The summed E-state index contributed by atoms with van der Waals surface area (Å²) in [6, 6.07) is 0. The monoisotopic (exact) mass is 256 g/mol. The van der Waals surface area contributed by atoms with Gasteiger partial charge in [0.15, 0.2) is 0 Å². The predicted octanol–water partition coefficient (Wildman–Crippen LogP) is 0.993. The van der Waals surface area contributed by atoms with Crippen molar-refractivity contribution in [3.8, 4) is 0 Å². The molecule has 102 valence electrons. The van der Waals surface area contributed by atoms with Gasteiger partial charge < -0.3 is 14.6 Å². The lowest BCUT2D eigenvalue weighted by atomic mass is 10.0. The molecule has 3 atom stereocenters. The second-order valence-corrected chi connectivity index (χ2v) is 4.54. The fraction of sp³-hybridized carbons (Fsp3) is 0.692. The van der Waals surface area contributed by atoms with E-state index in [0.717, 1.165) is 0 Å². The fourth-order valence-electron chi connectivity index (χ4n) is 1.89. The molecule has 0 bridgehead atoms. The van der Waals surface area contributed by atoms with Crippen LogP contribution < -0.4 is 0 Å². The third kappa shape index (κ3) is 5.42. The quantitative estimate of drug-likeness (QED) is 0.559. The first-order valence-corrected chi connectivity index (χ1v) is 6.10. The highest BCUT2D eigenvalue weighted by Crippen LogP contribution is 2.13. The first-order valence-electron chi connectivity index (χ1n) is 6.10. The third-order valence-electron chi connectivity index (χ3n) is 2.80. The summed E-state index contributed by atoms with van der Waals surface area (Å²) in [7, 11) is 1.54. The van der Waals surface area contributed by atoms with Gasteiger partial charge in [0.2, 0.25) is 0 Å². The third-order valence-corrected chi connectivity index (χ3v) is 2.80. The molecule has 1 aliphatic heterocycles. The van der Waals surface area contributed by atoms with E-state index in [-0.39, 0.29) is 30.8 Å². The molecule has 0 aromatic carbocycles. The van der Waals surface area contributed by atoms with Crippen LogP contribution in [0.5, 0.6) is 0 Å². The summed E-state index contributed by atoms with van der Waals surface area (Å²) in [5.41, 5.74) is 0. The van der Waals surface area contributed by atoms with Gasteiger partial charge in [0, 0.05) is 26.4 Å². The minimum absolute atomic E-state index is 0.0457. The van der Waals surface area contributed by atoms with E-state index in [1.807, 2.05) is 0 Å². The number of esters is 1. The molecule has 5 heteroatoms. The number of hydrogen-bond donors (Lipinski definition) is 1. The summed E-state index contributed by atoms with van der Waals surface area (Å²) >= 11 is 0. The van der Waals surface area contributed by atoms with Gasteiger partial charge in [-0.3, -0.25) is 9.59 Å². The molecule has 0 saturated heterocycles. The van der Waals surface area contributed by atoms with Gasteiger partial charge in [-0.05, 0) is 6.92 Å². The molecule has 0 aromatic rings. The van der Waals surface area contributed by atoms with Crippen LogP contribution in [0.15, 0.2) is 12.2 Å². The number of ether oxygens (including phenoxy) is 2. The summed E-state index contributed by atoms with van der Waals surface area (Å²) in [6.07, 6.45) is 2.50. The van der Waals surface area contributed by atoms with Crippen LogP contribution in [0.2, 0.25) is 0 Å². The Morgan fingerprint density at radius 1 is 1.39 bits per heavy atom. The number of carbonyl (C=O) groups excluding carboxylic acids is 2. The van der Waals surface area contributed by atoms with Crippen molar-refractivity contribution in [3.05, 3.63) is 12.2 Å². The van der Waals surface area contributed by atoms with Crippen molar-refractivity contribution in [1.29, 1.82) is 0 Å². The number of aliphatic hydroxyl groups excluding tert-OH is 1. The predicted molar refractivity (Wildman–Crippen MR) is 65.0 cm³/mol. The lowest BCUT2D eigenvalue weighted by molar-refractivity contribution is -0.151. The first kappa shape index (κ1) is 14.9. The molecule has 0 spiro atoms. The van der Waals surface area contributed by atoms with Crippen molar-refractivity contribution in [2.45, 2.75) is 50.9 Å². The fourth-order valence-corrected chi connectivity index (χ4v) is 1.89. The molecule has 0 saturated carbocycles. The topological polar surface area (TPSA) is 72.8 Å². The maximum Gasteiger partial charge on any atom is 0.309 e. The van der Waals surface area contributed by atoms with Crippen LogP contribution in [0.3, 0.4) is 0 Å². The van der Waals surface area contributed by atoms with Gasteiger partial charge in [-0.2, -0.15) is 0 Å². The Morgan fingerprint density at radius 3 is 2.78 bits per heavy atom. The molecule has 0 aliphatic carbocycles. The number of aliphatic hydroxyl groups is 1. The van der Waals surface area contributed by atoms with Crippen LogP contribution in [0, 0.1) is 0 Å². The molecule has 1 heterocycles. The van der Waals surface area contributed by atoms with Crippen LogP contribution >= 0.6 is 0 Å². The van der Waals surface area contributed by atoms with Crippen molar-refractivity contribution < 1.29 is 24.2 Å². The summed E-state index contributed by atoms with van der Waals surface area (Å²) < 4.78 is 10.3. The number of rotatable bonds is 1. The molecule has 0 aromatic heterocycles. The molecule has 0 amide bonds. The number of carbonyl (C=O) groups is 2. The van der Waals surface area contributed by atoms with E-state index in [1.165, 1.54) is 13.2 Å². The Kier molecular flexibility index (Phi) is 6.01. The Morgan fingerprint density at radius 2 is 2.11 bits per heavy atom. The van der Waals surface area contributed by atoms with Crippen molar-refractivity contribution in [2.24, 2.45) is 0 Å². The molecule has 1 rings (SSSR count). The average Bonchev–Trinajstić information content (AvgIpc) is 2.26. The smallest absolute Gasteiger partial charge is 0.309 e. The Bertz CT molecular complexity index is 323. The molecule has 1 aliphatic rings. The Labute approximate surface area is 107 Å². The van der Waals surface area contributed by atoms with Crippen LogP contribution in [0.4, 0.5) is 0 Å². The Hall–Kier alpha value is -1.20. The second kappa shape index (κ2) is 7.28. The van der Waals surface area contributed by atoms with E-state index in [9.17, 15) is 14.7 Å². The number of Topliss-reactive ketones (excluding diaryl/α,β-unsaturated/α-hetero) is 1. The van der Waals surface area contributed by atoms with Gasteiger partial charge in [-0.15, -0.1) is 0 Å². The zero-order valence-corrected chi connectivity index (χ0v) is 10.8. The standard InChI is InChI=1S/C13H20O5/c1-9-6-12(17-2)7-10(14)4-3-5-11(15)8-13(16)18-9/h3,5,9,11-12,15H,4,6-8H2,1-2H3. The minimum atomic E-state index is -0.893. The molecule has 0 radical (unpaired) electrons. The average molecular weight is 256 g/mol. The highest BCUT2D eigenvalue weighted by Gasteiger charge is 2.20. The van der Waals surface area contributed by atoms with Crippen molar-refractivity contribution in [2.75, 3.05) is 7.11 Å². The van der Waals surface area contributed by atoms with E-state index in [1.54, 1.807) is 13.0 Å². The van der Waals surface area contributed by atoms with Crippen molar-refractivity contribution in [3.63, 3.8) is 0 Å². The summed E-state index contributed by atoms with van der Waals surface area (Å²) in [4.78, 5) is 23.1. The maximum atomic E-state index is 11.6. The lowest BCUT2D eigenvalue weighted by Gasteiger charge is -2.20. The molecule has 5 nitrogen and oxygen atoms in total. The number of allylic oxidation sites excluding steroid dienone is 1. The summed E-state index contributed by atoms with van der Waals surface area (Å²) in [5.74, 6) is -0.397. The zero-order chi connectivity index (χ0) is 13.5. The van der Waals surface area contributed by atoms with Crippen LogP contribution in [0.25, 0.3) is 0 Å². The van der Waals surface area contributed by atoms with Crippen LogP contribution in [0.1, 0.15) is 32.6 Å². The molecular weight excluding hydrogens is 236 g/mol. The van der Waals surface area contributed by atoms with E-state index < -0.39 is 12.1 Å². The summed E-state index contributed by atoms with van der Waals surface area (Å²) in [6.45, 7) is 1.75. The largest absolute Gasteiger partial charge is 0.462 e. The number of methoxy groups -OCH3 is 1. The number of cyclic esters (lactones) is 1. The number of ketones is 1. The maximum absolute atomic E-state index is 11.6. The SMILES string of the molecule is COC1CC(=O)CC=CC(O)CC(=O)OC(C)C1. The Balaban J connectivity index is 2.71. The van der Waals surface area contributed by atoms with E-state index in [0.29, 0.717) is 12.8 Å². The van der Waals surface area contributed by atoms with E-state index in [2.05, 4.69) is 0 Å². The van der Waals surface area contributed by atoms with Gasteiger partial charge in [-0.25, -0.2) is 0 Å².